The Bertz CT molecular complexity index is 465. The van der Waals surface area contributed by atoms with Gasteiger partial charge in [0.15, 0.2) is 0 Å². The van der Waals surface area contributed by atoms with E-state index in [9.17, 15) is 14.4 Å². The predicted octanol–water partition coefficient (Wildman–Crippen LogP) is 1.92. The van der Waals surface area contributed by atoms with Gasteiger partial charge >= 0.3 is 0 Å². The summed E-state index contributed by atoms with van der Waals surface area (Å²) in [4.78, 5) is 40.8. The molecule has 7 heteroatoms. The Kier molecular flexibility index (Phi) is 4.92. The molecule has 0 bridgehead atoms. The summed E-state index contributed by atoms with van der Waals surface area (Å²) in [6, 6.07) is 0. The van der Waals surface area contributed by atoms with Crippen LogP contribution in [0, 0.1) is 11.8 Å². The Hall–Kier alpha value is -0.430. The van der Waals surface area contributed by atoms with Crippen LogP contribution in [0.4, 0.5) is 0 Å². The van der Waals surface area contributed by atoms with Gasteiger partial charge in [0, 0.05) is 22.7 Å². The number of amides is 3. The molecule has 3 aliphatic rings. The number of likely N-dealkylation sites (tertiary alicyclic amines) is 2. The second-order valence-corrected chi connectivity index (χ2v) is 8.77. The second-order valence-electron chi connectivity index (χ2n) is 6.42. The maximum absolute atomic E-state index is 12.5. The molecule has 1 saturated carbocycles. The summed E-state index contributed by atoms with van der Waals surface area (Å²) in [5.74, 6) is -0.945. The van der Waals surface area contributed by atoms with E-state index in [0.717, 1.165) is 32.4 Å². The lowest BCUT2D eigenvalue weighted by atomic mass is 9.81. The molecule has 22 heavy (non-hydrogen) atoms. The molecular weight excluding hydrogens is 416 g/mol. The number of hydrogen-bond acceptors (Lipinski definition) is 3. The van der Waals surface area contributed by atoms with E-state index in [1.165, 1.54) is 4.90 Å². The zero-order valence-corrected chi connectivity index (χ0v) is 15.5. The van der Waals surface area contributed by atoms with Crippen molar-refractivity contribution in [2.24, 2.45) is 11.8 Å². The first-order chi connectivity index (χ1) is 10.5. The van der Waals surface area contributed by atoms with Gasteiger partial charge in [-0.1, -0.05) is 31.9 Å². The topological polar surface area (TPSA) is 57.7 Å². The van der Waals surface area contributed by atoms with Crippen molar-refractivity contribution < 1.29 is 14.4 Å². The minimum Gasteiger partial charge on any atom is -0.341 e. The van der Waals surface area contributed by atoms with Gasteiger partial charge in [-0.3, -0.25) is 19.3 Å². The van der Waals surface area contributed by atoms with E-state index in [1.54, 1.807) is 4.90 Å². The average molecular weight is 436 g/mol. The molecule has 0 unspecified atom stereocenters. The highest BCUT2D eigenvalue weighted by molar-refractivity contribution is 9.12. The number of rotatable bonds is 2. The van der Waals surface area contributed by atoms with Crippen molar-refractivity contribution in [3.8, 4) is 0 Å². The standard InChI is InChI=1S/C15H20Br2N2O3/c16-11-6-9-10(7-12(11)17)15(22)19(14(9)21)8-13(20)18-4-2-1-3-5-18/h9-12H,1-8H2/t9-,10-,11-,12+/m1/s1. The van der Waals surface area contributed by atoms with E-state index in [0.29, 0.717) is 12.8 Å². The SMILES string of the molecule is O=C(CN1C(=O)[C@@H]2C[C@@H](Br)[C@@H](Br)C[C@H]2C1=O)N1CCCCC1. The highest BCUT2D eigenvalue weighted by Gasteiger charge is 2.52. The number of hydrogen-bond donors (Lipinski definition) is 0. The van der Waals surface area contributed by atoms with Crippen LogP contribution in [-0.4, -0.2) is 56.8 Å². The van der Waals surface area contributed by atoms with Gasteiger partial charge in [-0.2, -0.15) is 0 Å². The Balaban J connectivity index is 1.68. The van der Waals surface area contributed by atoms with Crippen LogP contribution in [-0.2, 0) is 14.4 Å². The van der Waals surface area contributed by atoms with E-state index in [2.05, 4.69) is 31.9 Å². The normalized spacial score (nSPS) is 35.7. The molecule has 0 aromatic rings. The van der Waals surface area contributed by atoms with Crippen molar-refractivity contribution >= 4 is 49.6 Å². The molecule has 0 aromatic heterocycles. The van der Waals surface area contributed by atoms with E-state index in [1.807, 2.05) is 0 Å². The molecule has 3 amide bonds. The smallest absolute Gasteiger partial charge is 0.242 e. The van der Waals surface area contributed by atoms with Crippen LogP contribution in [0.15, 0.2) is 0 Å². The molecule has 4 atom stereocenters. The maximum atomic E-state index is 12.5. The number of alkyl halides is 2. The molecule has 122 valence electrons. The number of carbonyl (C=O) groups is 3. The summed E-state index contributed by atoms with van der Waals surface area (Å²) < 4.78 is 0. The number of halogens is 2. The molecule has 3 rings (SSSR count). The van der Waals surface area contributed by atoms with Gasteiger partial charge in [-0.25, -0.2) is 0 Å². The van der Waals surface area contributed by atoms with Gasteiger partial charge in [0.25, 0.3) is 0 Å². The molecule has 0 spiro atoms. The summed E-state index contributed by atoms with van der Waals surface area (Å²) in [7, 11) is 0. The minimum absolute atomic E-state index is 0.0788. The van der Waals surface area contributed by atoms with Gasteiger partial charge in [-0.05, 0) is 32.1 Å². The maximum Gasteiger partial charge on any atom is 0.242 e. The Morgan fingerprint density at radius 3 is 1.95 bits per heavy atom. The van der Waals surface area contributed by atoms with Gasteiger partial charge in [0.2, 0.25) is 17.7 Å². The van der Waals surface area contributed by atoms with E-state index < -0.39 is 0 Å². The van der Waals surface area contributed by atoms with Crippen LogP contribution in [0.25, 0.3) is 0 Å². The van der Waals surface area contributed by atoms with Gasteiger partial charge in [0.1, 0.15) is 6.54 Å². The Morgan fingerprint density at radius 1 is 0.955 bits per heavy atom. The average Bonchev–Trinajstić information content (AvgIpc) is 2.74. The fourth-order valence-corrected chi connectivity index (χ4v) is 4.94. The fraction of sp³-hybridized carbons (Fsp3) is 0.800. The van der Waals surface area contributed by atoms with Crippen molar-refractivity contribution in [3.63, 3.8) is 0 Å². The number of nitrogens with zero attached hydrogens (tertiary/aromatic N) is 2. The lowest BCUT2D eigenvalue weighted by Gasteiger charge is -2.29. The van der Waals surface area contributed by atoms with Crippen LogP contribution in [0.3, 0.4) is 0 Å². The minimum atomic E-state index is -0.264. The Labute approximate surface area is 147 Å². The van der Waals surface area contributed by atoms with Crippen LogP contribution in [0.1, 0.15) is 32.1 Å². The summed E-state index contributed by atoms with van der Waals surface area (Å²) in [5, 5.41) is 0. The molecular formula is C15H20Br2N2O3. The van der Waals surface area contributed by atoms with Gasteiger partial charge in [0.05, 0.1) is 11.8 Å². The van der Waals surface area contributed by atoms with Crippen molar-refractivity contribution in [1.29, 1.82) is 0 Å². The number of carbonyl (C=O) groups excluding carboxylic acids is 3. The quantitative estimate of drug-likeness (QED) is 0.491. The van der Waals surface area contributed by atoms with Crippen LogP contribution >= 0.6 is 31.9 Å². The first kappa shape index (κ1) is 16.4. The first-order valence-corrected chi connectivity index (χ1v) is 9.73. The zero-order valence-electron chi connectivity index (χ0n) is 12.3. The highest BCUT2D eigenvalue weighted by Crippen LogP contribution is 2.43. The third-order valence-electron chi connectivity index (χ3n) is 5.00. The molecule has 5 nitrogen and oxygen atoms in total. The third-order valence-corrected chi connectivity index (χ3v) is 7.74. The fourth-order valence-electron chi connectivity index (χ4n) is 3.70. The van der Waals surface area contributed by atoms with Gasteiger partial charge in [-0.15, -0.1) is 0 Å². The number of piperidine rings is 1. The second kappa shape index (κ2) is 6.59. The van der Waals surface area contributed by atoms with E-state index in [4.69, 9.17) is 0 Å². The molecule has 2 heterocycles. The molecule has 2 saturated heterocycles. The van der Waals surface area contributed by atoms with Crippen LogP contribution < -0.4 is 0 Å². The lowest BCUT2D eigenvalue weighted by Crippen LogP contribution is -2.44. The Morgan fingerprint density at radius 2 is 1.45 bits per heavy atom. The molecule has 0 radical (unpaired) electrons. The molecule has 0 aromatic carbocycles. The van der Waals surface area contributed by atoms with E-state index >= 15 is 0 Å². The lowest BCUT2D eigenvalue weighted by molar-refractivity contribution is -0.146. The zero-order chi connectivity index (χ0) is 15.9. The molecule has 1 aliphatic carbocycles. The largest absolute Gasteiger partial charge is 0.341 e. The summed E-state index contributed by atoms with van der Waals surface area (Å²) in [6.45, 7) is 1.41. The van der Waals surface area contributed by atoms with Crippen molar-refractivity contribution in [3.05, 3.63) is 0 Å². The molecule has 2 aliphatic heterocycles. The summed E-state index contributed by atoms with van der Waals surface area (Å²) in [6.07, 6.45) is 4.47. The van der Waals surface area contributed by atoms with Crippen molar-refractivity contribution in [1.82, 2.24) is 9.80 Å². The molecule has 0 N–H and O–H groups in total. The van der Waals surface area contributed by atoms with Crippen molar-refractivity contribution in [2.45, 2.75) is 41.8 Å². The summed E-state index contributed by atoms with van der Waals surface area (Å²) >= 11 is 7.13. The highest BCUT2D eigenvalue weighted by atomic mass is 79.9. The van der Waals surface area contributed by atoms with E-state index in [-0.39, 0.29) is 45.8 Å². The van der Waals surface area contributed by atoms with Crippen LogP contribution in [0.2, 0.25) is 0 Å². The monoisotopic (exact) mass is 434 g/mol. The van der Waals surface area contributed by atoms with Crippen LogP contribution in [0.5, 0.6) is 0 Å². The van der Waals surface area contributed by atoms with Gasteiger partial charge < -0.3 is 4.90 Å². The number of fused-ring (bicyclic) bond motifs is 1. The molecule has 3 fully saturated rings. The summed E-state index contributed by atoms with van der Waals surface area (Å²) in [5.41, 5.74) is 0. The number of imide groups is 1. The first-order valence-electron chi connectivity index (χ1n) is 7.90. The third kappa shape index (κ3) is 2.98. The predicted molar refractivity (Wildman–Crippen MR) is 88.8 cm³/mol. The van der Waals surface area contributed by atoms with Crippen molar-refractivity contribution in [2.75, 3.05) is 19.6 Å².